The normalized spacial score (nSPS) is 18.3. The fourth-order valence-corrected chi connectivity index (χ4v) is 2.30. The van der Waals surface area contributed by atoms with Crippen LogP contribution in [0.5, 0.6) is 0 Å². The molecule has 0 radical (unpaired) electrons. The molecule has 6 heteroatoms. The lowest BCUT2D eigenvalue weighted by molar-refractivity contribution is 0.0939. The van der Waals surface area contributed by atoms with Gasteiger partial charge in [-0.2, -0.15) is 5.10 Å². The van der Waals surface area contributed by atoms with Gasteiger partial charge in [-0.05, 0) is 18.4 Å². The van der Waals surface area contributed by atoms with Crippen LogP contribution in [0, 0.1) is 5.92 Å². The zero-order chi connectivity index (χ0) is 12.4. The van der Waals surface area contributed by atoms with Gasteiger partial charge in [-0.25, -0.2) is 4.98 Å². The van der Waals surface area contributed by atoms with Crippen molar-refractivity contribution in [3.05, 3.63) is 36.2 Å². The zero-order valence-electron chi connectivity index (χ0n) is 9.97. The van der Waals surface area contributed by atoms with E-state index in [1.165, 1.54) is 0 Å². The second-order valence-electron chi connectivity index (χ2n) is 4.58. The van der Waals surface area contributed by atoms with Crippen LogP contribution in [0.1, 0.15) is 22.7 Å². The first-order valence-electron chi connectivity index (χ1n) is 6.10. The van der Waals surface area contributed by atoms with Crippen LogP contribution >= 0.6 is 0 Å². The van der Waals surface area contributed by atoms with E-state index in [9.17, 15) is 4.79 Å². The van der Waals surface area contributed by atoms with Crippen molar-refractivity contribution in [1.82, 2.24) is 25.1 Å². The molecule has 0 saturated carbocycles. The molecule has 6 nitrogen and oxygen atoms in total. The predicted molar refractivity (Wildman–Crippen MR) is 65.0 cm³/mol. The average Bonchev–Trinajstić information content (AvgIpc) is 3.05. The molecule has 0 saturated heterocycles. The summed E-state index contributed by atoms with van der Waals surface area (Å²) in [7, 11) is 0. The van der Waals surface area contributed by atoms with Crippen LogP contribution < -0.4 is 5.32 Å². The minimum absolute atomic E-state index is 0.0959. The number of hydrogen-bond donors (Lipinski definition) is 2. The van der Waals surface area contributed by atoms with Crippen LogP contribution in [0.15, 0.2) is 24.7 Å². The molecule has 18 heavy (non-hydrogen) atoms. The fourth-order valence-electron chi connectivity index (χ4n) is 2.30. The number of nitrogens with one attached hydrogen (secondary N) is 2. The maximum Gasteiger partial charge on any atom is 0.269 e. The van der Waals surface area contributed by atoms with Gasteiger partial charge in [-0.3, -0.25) is 9.89 Å². The van der Waals surface area contributed by atoms with Crippen molar-refractivity contribution in [2.45, 2.75) is 19.4 Å². The summed E-state index contributed by atoms with van der Waals surface area (Å²) in [6.07, 6.45) is 7.42. The van der Waals surface area contributed by atoms with E-state index in [1.807, 2.05) is 12.4 Å². The Morgan fingerprint density at radius 2 is 2.50 bits per heavy atom. The Bertz CT molecular complexity index is 530. The molecule has 1 atom stereocenters. The Morgan fingerprint density at radius 1 is 1.56 bits per heavy atom. The molecule has 0 aromatic carbocycles. The highest BCUT2D eigenvalue weighted by Crippen LogP contribution is 2.18. The van der Waals surface area contributed by atoms with Gasteiger partial charge >= 0.3 is 0 Å². The van der Waals surface area contributed by atoms with E-state index in [2.05, 4.69) is 25.1 Å². The summed E-state index contributed by atoms with van der Waals surface area (Å²) in [5, 5.41) is 9.35. The molecule has 94 valence electrons. The average molecular weight is 245 g/mol. The standard InChI is InChI=1S/C12H15N5O/c18-12(10-1-3-15-16-10)14-8-9-2-5-17-6-4-13-11(17)7-9/h1,3-4,6,9H,2,5,7-8H2,(H,14,18)(H,15,16). The third-order valence-electron chi connectivity index (χ3n) is 3.35. The molecule has 2 aromatic rings. The summed E-state index contributed by atoms with van der Waals surface area (Å²) >= 11 is 0. The highest BCUT2D eigenvalue weighted by molar-refractivity contribution is 5.92. The van der Waals surface area contributed by atoms with Crippen molar-refractivity contribution in [3.8, 4) is 0 Å². The van der Waals surface area contributed by atoms with Gasteiger partial charge < -0.3 is 9.88 Å². The van der Waals surface area contributed by atoms with Crippen LogP contribution in [0.2, 0.25) is 0 Å². The molecule has 3 heterocycles. The quantitative estimate of drug-likeness (QED) is 0.831. The topological polar surface area (TPSA) is 75.6 Å². The first-order chi connectivity index (χ1) is 8.83. The van der Waals surface area contributed by atoms with E-state index in [0.29, 0.717) is 18.2 Å². The zero-order valence-corrected chi connectivity index (χ0v) is 9.97. The number of hydrogen-bond acceptors (Lipinski definition) is 3. The largest absolute Gasteiger partial charge is 0.350 e. The van der Waals surface area contributed by atoms with Gasteiger partial charge in [0.25, 0.3) is 5.91 Å². The predicted octanol–water partition coefficient (Wildman–Crippen LogP) is 0.599. The summed E-state index contributed by atoms with van der Waals surface area (Å²) in [4.78, 5) is 16.1. The molecule has 0 aliphatic carbocycles. The van der Waals surface area contributed by atoms with Crippen molar-refractivity contribution in [2.24, 2.45) is 5.92 Å². The van der Waals surface area contributed by atoms with Gasteiger partial charge in [0.05, 0.1) is 0 Å². The van der Waals surface area contributed by atoms with Crippen molar-refractivity contribution in [2.75, 3.05) is 6.54 Å². The first kappa shape index (κ1) is 11.0. The summed E-state index contributed by atoms with van der Waals surface area (Å²) in [5.41, 5.74) is 0.507. The fraction of sp³-hybridized carbons (Fsp3) is 0.417. The Kier molecular flexibility index (Phi) is 2.84. The summed E-state index contributed by atoms with van der Waals surface area (Å²) in [6.45, 7) is 1.67. The first-order valence-corrected chi connectivity index (χ1v) is 6.10. The number of aromatic amines is 1. The molecule has 3 rings (SSSR count). The highest BCUT2D eigenvalue weighted by atomic mass is 16.1. The van der Waals surface area contributed by atoms with E-state index in [4.69, 9.17) is 0 Å². The number of rotatable bonds is 3. The second-order valence-corrected chi connectivity index (χ2v) is 4.58. The molecule has 1 aliphatic heterocycles. The van der Waals surface area contributed by atoms with E-state index in [-0.39, 0.29) is 5.91 Å². The number of H-pyrrole nitrogens is 1. The maximum atomic E-state index is 11.7. The van der Waals surface area contributed by atoms with Crippen LogP contribution in [0.3, 0.4) is 0 Å². The molecular formula is C12H15N5O. The molecular weight excluding hydrogens is 230 g/mol. The van der Waals surface area contributed by atoms with Crippen molar-refractivity contribution >= 4 is 5.91 Å². The number of amides is 1. The maximum absolute atomic E-state index is 11.7. The lowest BCUT2D eigenvalue weighted by Gasteiger charge is -2.23. The number of carbonyl (C=O) groups excluding carboxylic acids is 1. The Labute approximate surface area is 104 Å². The molecule has 1 amide bonds. The molecule has 1 aliphatic rings. The molecule has 0 bridgehead atoms. The Morgan fingerprint density at radius 3 is 3.33 bits per heavy atom. The molecule has 0 fully saturated rings. The second kappa shape index (κ2) is 4.64. The van der Waals surface area contributed by atoms with Gasteiger partial charge in [-0.15, -0.1) is 0 Å². The van der Waals surface area contributed by atoms with Gasteiger partial charge in [0.15, 0.2) is 0 Å². The van der Waals surface area contributed by atoms with E-state index in [0.717, 1.165) is 25.2 Å². The van der Waals surface area contributed by atoms with Gasteiger partial charge in [0, 0.05) is 38.1 Å². The number of nitrogens with zero attached hydrogens (tertiary/aromatic N) is 3. The SMILES string of the molecule is O=C(NCC1CCn2ccnc2C1)c1ccn[nH]1. The van der Waals surface area contributed by atoms with Crippen molar-refractivity contribution in [3.63, 3.8) is 0 Å². The number of carbonyl (C=O) groups is 1. The van der Waals surface area contributed by atoms with E-state index < -0.39 is 0 Å². The third kappa shape index (κ3) is 2.13. The lowest BCUT2D eigenvalue weighted by Crippen LogP contribution is -2.33. The van der Waals surface area contributed by atoms with E-state index >= 15 is 0 Å². The number of imidazole rings is 1. The molecule has 0 spiro atoms. The van der Waals surface area contributed by atoms with Crippen LogP contribution in [0.4, 0.5) is 0 Å². The summed E-state index contributed by atoms with van der Waals surface area (Å²) in [6, 6.07) is 1.67. The van der Waals surface area contributed by atoms with Crippen LogP contribution in [-0.2, 0) is 13.0 Å². The van der Waals surface area contributed by atoms with Crippen molar-refractivity contribution in [1.29, 1.82) is 0 Å². The minimum atomic E-state index is -0.0959. The summed E-state index contributed by atoms with van der Waals surface area (Å²) < 4.78 is 2.17. The van der Waals surface area contributed by atoms with Crippen molar-refractivity contribution < 1.29 is 4.79 Å². The lowest BCUT2D eigenvalue weighted by atomic mass is 9.98. The molecule has 1 unspecified atom stereocenters. The monoisotopic (exact) mass is 245 g/mol. The van der Waals surface area contributed by atoms with Crippen LogP contribution in [0.25, 0.3) is 0 Å². The Balaban J connectivity index is 1.54. The van der Waals surface area contributed by atoms with Gasteiger partial charge in [-0.1, -0.05) is 0 Å². The van der Waals surface area contributed by atoms with Gasteiger partial charge in [0.2, 0.25) is 0 Å². The number of aryl methyl sites for hydroxylation is 1. The Hall–Kier alpha value is -2.11. The highest BCUT2D eigenvalue weighted by Gasteiger charge is 2.19. The summed E-state index contributed by atoms with van der Waals surface area (Å²) in [5.74, 6) is 1.48. The third-order valence-corrected chi connectivity index (χ3v) is 3.35. The minimum Gasteiger partial charge on any atom is -0.350 e. The number of fused-ring (bicyclic) bond motifs is 1. The molecule has 2 aromatic heterocycles. The van der Waals surface area contributed by atoms with Gasteiger partial charge in [0.1, 0.15) is 11.5 Å². The van der Waals surface area contributed by atoms with E-state index in [1.54, 1.807) is 12.3 Å². The molecule has 2 N–H and O–H groups in total. The number of aromatic nitrogens is 4. The van der Waals surface area contributed by atoms with Crippen LogP contribution in [-0.4, -0.2) is 32.2 Å². The smallest absolute Gasteiger partial charge is 0.269 e.